The summed E-state index contributed by atoms with van der Waals surface area (Å²) in [6.07, 6.45) is 3.09. The van der Waals surface area contributed by atoms with Gasteiger partial charge in [0.05, 0.1) is 17.2 Å². The zero-order valence-corrected chi connectivity index (χ0v) is 11.3. The van der Waals surface area contributed by atoms with Crippen molar-refractivity contribution in [1.29, 1.82) is 0 Å². The molecule has 2 aromatic heterocycles. The van der Waals surface area contributed by atoms with E-state index >= 15 is 0 Å². The van der Waals surface area contributed by atoms with Gasteiger partial charge in [0.2, 0.25) is 4.96 Å². The maximum absolute atomic E-state index is 12.0. The summed E-state index contributed by atoms with van der Waals surface area (Å²) in [5.74, 6) is -0.389. The summed E-state index contributed by atoms with van der Waals surface area (Å²) in [6.45, 7) is 0. The molecule has 0 bridgehead atoms. The Labute approximate surface area is 116 Å². The van der Waals surface area contributed by atoms with E-state index in [-0.39, 0.29) is 11.5 Å². The lowest BCUT2D eigenvalue weighted by Gasteiger charge is -1.98. The number of nitrogens with zero attached hydrogens (tertiary/aromatic N) is 3. The third kappa shape index (κ3) is 2.08. The molecule has 0 fully saturated rings. The van der Waals surface area contributed by atoms with E-state index in [9.17, 15) is 9.59 Å². The molecule has 7 heteroatoms. The second-order valence-electron chi connectivity index (χ2n) is 3.98. The van der Waals surface area contributed by atoms with Crippen LogP contribution in [0.15, 0.2) is 35.4 Å². The van der Waals surface area contributed by atoms with Gasteiger partial charge in [-0.15, -0.1) is 0 Å². The van der Waals surface area contributed by atoms with Crippen LogP contribution >= 0.6 is 11.3 Å². The van der Waals surface area contributed by atoms with Gasteiger partial charge in [-0.25, -0.2) is 9.78 Å². The van der Waals surface area contributed by atoms with Crippen molar-refractivity contribution < 1.29 is 9.53 Å². The normalized spacial score (nSPS) is 11.9. The van der Waals surface area contributed by atoms with Crippen LogP contribution in [0.25, 0.3) is 11.0 Å². The summed E-state index contributed by atoms with van der Waals surface area (Å²) in [5.41, 5.74) is 1.09. The minimum absolute atomic E-state index is 0.195. The highest BCUT2D eigenvalue weighted by molar-refractivity contribution is 7.15. The second-order valence-corrected chi connectivity index (χ2v) is 4.99. The number of fused-ring (bicyclic) bond motifs is 1. The van der Waals surface area contributed by atoms with Crippen molar-refractivity contribution >= 4 is 28.3 Å². The van der Waals surface area contributed by atoms with E-state index in [1.54, 1.807) is 30.3 Å². The molecule has 0 radical (unpaired) electrons. The molecular formula is C13H9N3O3S. The Morgan fingerprint density at radius 3 is 2.75 bits per heavy atom. The van der Waals surface area contributed by atoms with Gasteiger partial charge in [0, 0.05) is 0 Å². The molecule has 0 unspecified atom stereocenters. The first-order chi connectivity index (χ1) is 9.69. The lowest BCUT2D eigenvalue weighted by molar-refractivity contribution is 0.0601. The Morgan fingerprint density at radius 2 is 2.10 bits per heavy atom. The van der Waals surface area contributed by atoms with Crippen LogP contribution in [0.5, 0.6) is 0 Å². The van der Waals surface area contributed by atoms with Crippen molar-refractivity contribution in [2.75, 3.05) is 7.11 Å². The molecule has 1 aromatic carbocycles. The predicted octanol–water partition coefficient (Wildman–Crippen LogP) is 0.485. The Morgan fingerprint density at radius 1 is 1.35 bits per heavy atom. The molecule has 0 N–H and O–H groups in total. The molecule has 0 aliphatic rings. The smallest absolute Gasteiger partial charge is 0.337 e. The lowest BCUT2D eigenvalue weighted by Crippen LogP contribution is -2.23. The predicted molar refractivity (Wildman–Crippen MR) is 73.7 cm³/mol. The van der Waals surface area contributed by atoms with Crippen molar-refractivity contribution in [2.45, 2.75) is 0 Å². The summed E-state index contributed by atoms with van der Waals surface area (Å²) in [5, 5.41) is 3.85. The van der Waals surface area contributed by atoms with Crippen molar-refractivity contribution in [1.82, 2.24) is 14.6 Å². The van der Waals surface area contributed by atoms with Crippen LogP contribution in [-0.2, 0) is 4.74 Å². The first kappa shape index (κ1) is 12.5. The topological polar surface area (TPSA) is 73.6 Å². The van der Waals surface area contributed by atoms with Crippen molar-refractivity contribution in [2.24, 2.45) is 0 Å². The third-order valence-corrected chi connectivity index (χ3v) is 3.72. The average molecular weight is 287 g/mol. The number of methoxy groups -OCH3 is 1. The number of aromatic nitrogens is 3. The van der Waals surface area contributed by atoms with Gasteiger partial charge in [-0.2, -0.15) is 9.61 Å². The fraction of sp³-hybridized carbons (Fsp3) is 0.0769. The van der Waals surface area contributed by atoms with E-state index < -0.39 is 0 Å². The Balaban J connectivity index is 2.03. The molecule has 0 saturated carbocycles. The number of carbonyl (C=O) groups excluding carboxylic acids is 1. The van der Waals surface area contributed by atoms with Gasteiger partial charge in [0.1, 0.15) is 6.33 Å². The van der Waals surface area contributed by atoms with Crippen LogP contribution in [0.4, 0.5) is 0 Å². The van der Waals surface area contributed by atoms with E-state index in [0.29, 0.717) is 15.1 Å². The molecule has 0 aliphatic heterocycles. The van der Waals surface area contributed by atoms with E-state index in [4.69, 9.17) is 0 Å². The van der Waals surface area contributed by atoms with Gasteiger partial charge in [-0.05, 0) is 23.8 Å². The molecule has 6 nitrogen and oxygen atoms in total. The van der Waals surface area contributed by atoms with E-state index in [1.807, 2.05) is 0 Å². The number of esters is 1. The highest BCUT2D eigenvalue weighted by atomic mass is 32.1. The van der Waals surface area contributed by atoms with Crippen LogP contribution in [0, 0.1) is 0 Å². The van der Waals surface area contributed by atoms with E-state index in [2.05, 4.69) is 14.8 Å². The van der Waals surface area contributed by atoms with Gasteiger partial charge in [0.25, 0.3) is 5.56 Å². The monoisotopic (exact) mass is 287 g/mol. The largest absolute Gasteiger partial charge is 0.465 e. The molecule has 100 valence electrons. The quantitative estimate of drug-likeness (QED) is 0.641. The Bertz CT molecular complexity index is 880. The number of benzene rings is 1. The molecule has 20 heavy (non-hydrogen) atoms. The van der Waals surface area contributed by atoms with Crippen molar-refractivity contribution in [3.8, 4) is 0 Å². The van der Waals surface area contributed by atoms with Crippen LogP contribution < -0.4 is 10.1 Å². The molecule has 3 rings (SSSR count). The van der Waals surface area contributed by atoms with Gasteiger partial charge < -0.3 is 4.74 Å². The highest BCUT2D eigenvalue weighted by Gasteiger charge is 2.06. The minimum atomic E-state index is -0.389. The molecule has 0 atom stereocenters. The molecule has 0 saturated heterocycles. The summed E-state index contributed by atoms with van der Waals surface area (Å²) in [6, 6.07) is 6.81. The Hall–Kier alpha value is -2.54. The van der Waals surface area contributed by atoms with Crippen molar-refractivity contribution in [3.05, 3.63) is 56.6 Å². The molecule has 0 aliphatic carbocycles. The SMILES string of the molecule is COC(=O)c1ccc(/C=c2/sc3ncnn3c2=O)cc1. The summed E-state index contributed by atoms with van der Waals surface area (Å²) in [4.78, 5) is 27.8. The summed E-state index contributed by atoms with van der Waals surface area (Å²) < 4.78 is 6.44. The molecule has 2 heterocycles. The fourth-order valence-electron chi connectivity index (χ4n) is 1.76. The zero-order valence-electron chi connectivity index (χ0n) is 10.4. The van der Waals surface area contributed by atoms with Crippen LogP contribution in [-0.4, -0.2) is 27.7 Å². The van der Waals surface area contributed by atoms with Gasteiger partial charge in [-0.1, -0.05) is 23.5 Å². The summed E-state index contributed by atoms with van der Waals surface area (Å²) >= 11 is 1.27. The van der Waals surface area contributed by atoms with Gasteiger partial charge in [-0.3, -0.25) is 4.79 Å². The average Bonchev–Trinajstić information content (AvgIpc) is 3.03. The maximum Gasteiger partial charge on any atom is 0.337 e. The molecular weight excluding hydrogens is 278 g/mol. The van der Waals surface area contributed by atoms with Crippen LogP contribution in [0.3, 0.4) is 0 Å². The number of ether oxygens (including phenoxy) is 1. The first-order valence-corrected chi connectivity index (χ1v) is 6.53. The standard InChI is InChI=1S/C13H9N3O3S/c1-19-12(18)9-4-2-8(3-5-9)6-10-11(17)16-13(20-10)14-7-15-16/h2-7H,1H3/b10-6+. The third-order valence-electron chi connectivity index (χ3n) is 2.75. The number of rotatable bonds is 2. The fourth-order valence-corrected chi connectivity index (χ4v) is 2.64. The maximum atomic E-state index is 12.0. The van der Waals surface area contributed by atoms with E-state index in [0.717, 1.165) is 5.56 Å². The zero-order chi connectivity index (χ0) is 14.1. The lowest BCUT2D eigenvalue weighted by atomic mass is 10.1. The van der Waals surface area contributed by atoms with Gasteiger partial charge in [0.15, 0.2) is 0 Å². The van der Waals surface area contributed by atoms with E-state index in [1.165, 1.54) is 29.3 Å². The van der Waals surface area contributed by atoms with Gasteiger partial charge >= 0.3 is 5.97 Å². The van der Waals surface area contributed by atoms with Crippen molar-refractivity contribution in [3.63, 3.8) is 0 Å². The minimum Gasteiger partial charge on any atom is -0.465 e. The Kier molecular flexibility index (Phi) is 3.03. The first-order valence-electron chi connectivity index (χ1n) is 5.71. The van der Waals surface area contributed by atoms with Crippen LogP contribution in [0.2, 0.25) is 0 Å². The number of thiazole rings is 1. The number of hydrogen-bond acceptors (Lipinski definition) is 6. The second kappa shape index (κ2) is 4.86. The highest BCUT2D eigenvalue weighted by Crippen LogP contribution is 2.07. The van der Waals surface area contributed by atoms with Crippen LogP contribution in [0.1, 0.15) is 15.9 Å². The summed E-state index contributed by atoms with van der Waals surface area (Å²) in [7, 11) is 1.33. The molecule has 0 spiro atoms. The molecule has 0 amide bonds. The number of carbonyl (C=O) groups is 1. The number of hydrogen-bond donors (Lipinski definition) is 0. The molecule has 3 aromatic rings.